The van der Waals surface area contributed by atoms with E-state index in [1.807, 2.05) is 48.5 Å². The highest BCUT2D eigenvalue weighted by Crippen LogP contribution is 2.28. The molecule has 162 valence electrons. The number of rotatable bonds is 8. The Hall–Kier alpha value is -3.71. The second kappa shape index (κ2) is 10.1. The minimum Gasteiger partial charge on any atom is -0.493 e. The summed E-state index contributed by atoms with van der Waals surface area (Å²) in [5.74, 6) is 2.05. The van der Waals surface area contributed by atoms with Crippen LogP contribution >= 0.6 is 12.2 Å². The average molecular weight is 445 g/mol. The fourth-order valence-electron chi connectivity index (χ4n) is 3.19. The van der Waals surface area contributed by atoms with Gasteiger partial charge < -0.3 is 9.47 Å². The summed E-state index contributed by atoms with van der Waals surface area (Å²) in [6.45, 7) is 2.53. The van der Waals surface area contributed by atoms with Gasteiger partial charge in [0.05, 0.1) is 13.3 Å². The number of hydrogen-bond acceptors (Lipinski definition) is 5. The van der Waals surface area contributed by atoms with E-state index in [1.54, 1.807) is 18.0 Å². The summed E-state index contributed by atoms with van der Waals surface area (Å²) in [5.41, 5.74) is 4.32. The third kappa shape index (κ3) is 5.31. The van der Waals surface area contributed by atoms with Crippen LogP contribution in [0.3, 0.4) is 0 Å². The van der Waals surface area contributed by atoms with Gasteiger partial charge in [-0.25, -0.2) is 0 Å². The molecule has 0 aliphatic rings. The molecule has 32 heavy (non-hydrogen) atoms. The molecule has 0 saturated carbocycles. The van der Waals surface area contributed by atoms with Gasteiger partial charge in [0.1, 0.15) is 6.61 Å². The minimum absolute atomic E-state index is 0.442. The van der Waals surface area contributed by atoms with E-state index in [0.717, 1.165) is 22.5 Å². The van der Waals surface area contributed by atoms with Crippen molar-refractivity contribution in [1.82, 2.24) is 14.9 Å². The molecule has 1 heterocycles. The van der Waals surface area contributed by atoms with Crippen LogP contribution in [0.1, 0.15) is 28.1 Å². The van der Waals surface area contributed by atoms with Gasteiger partial charge in [0.2, 0.25) is 4.77 Å². The lowest BCUT2D eigenvalue weighted by molar-refractivity contribution is 0.284. The van der Waals surface area contributed by atoms with Crippen LogP contribution in [-0.2, 0) is 13.0 Å². The van der Waals surface area contributed by atoms with Crippen LogP contribution < -0.4 is 9.47 Å². The summed E-state index contributed by atoms with van der Waals surface area (Å²) in [4.78, 5) is 0. The first-order valence-electron chi connectivity index (χ1n) is 10.2. The van der Waals surface area contributed by atoms with Crippen LogP contribution in [-0.4, -0.2) is 28.2 Å². The number of nitrogens with zero attached hydrogens (tertiary/aromatic N) is 3. The maximum atomic E-state index is 5.96. The highest BCUT2D eigenvalue weighted by molar-refractivity contribution is 7.71. The molecule has 0 bridgehead atoms. The van der Waals surface area contributed by atoms with E-state index in [-0.39, 0.29) is 0 Å². The van der Waals surface area contributed by atoms with E-state index in [2.05, 4.69) is 46.5 Å². The first kappa shape index (κ1) is 21.5. The molecule has 4 rings (SSSR count). The maximum absolute atomic E-state index is 5.96. The van der Waals surface area contributed by atoms with E-state index in [0.29, 0.717) is 29.3 Å². The molecule has 0 fully saturated rings. The van der Waals surface area contributed by atoms with E-state index >= 15 is 0 Å². The average Bonchev–Trinajstić information content (AvgIpc) is 3.17. The lowest BCUT2D eigenvalue weighted by Crippen LogP contribution is -2.01. The van der Waals surface area contributed by atoms with E-state index in [1.165, 1.54) is 5.56 Å². The summed E-state index contributed by atoms with van der Waals surface area (Å²) in [5, 5.41) is 11.7. The molecule has 0 atom stereocenters. The van der Waals surface area contributed by atoms with Crippen molar-refractivity contribution in [2.24, 2.45) is 5.10 Å². The highest BCUT2D eigenvalue weighted by Gasteiger charge is 2.08. The lowest BCUT2D eigenvalue weighted by atomic mass is 10.1. The third-order valence-electron chi connectivity index (χ3n) is 4.95. The molecule has 0 amide bonds. The van der Waals surface area contributed by atoms with Crippen molar-refractivity contribution >= 4 is 18.4 Å². The summed E-state index contributed by atoms with van der Waals surface area (Å²) >= 11 is 5.35. The Morgan fingerprint density at radius 2 is 1.78 bits per heavy atom. The monoisotopic (exact) mass is 444 g/mol. The van der Waals surface area contributed by atoms with Crippen molar-refractivity contribution in [1.29, 1.82) is 0 Å². The van der Waals surface area contributed by atoms with Gasteiger partial charge in [-0.05, 0) is 54.0 Å². The second-order valence-electron chi connectivity index (χ2n) is 7.35. The molecule has 6 nitrogen and oxygen atoms in total. The molecule has 1 aromatic heterocycles. The van der Waals surface area contributed by atoms with Crippen LogP contribution in [0.4, 0.5) is 0 Å². The van der Waals surface area contributed by atoms with Crippen LogP contribution in [0.5, 0.6) is 11.5 Å². The van der Waals surface area contributed by atoms with E-state index < -0.39 is 0 Å². The predicted molar refractivity (Wildman–Crippen MR) is 128 cm³/mol. The number of hydrogen-bond donors (Lipinski definition) is 1. The number of aromatic amines is 1. The number of benzene rings is 3. The maximum Gasteiger partial charge on any atom is 0.216 e. The smallest absolute Gasteiger partial charge is 0.216 e. The number of ether oxygens (including phenoxy) is 2. The minimum atomic E-state index is 0.442. The van der Waals surface area contributed by atoms with Crippen LogP contribution in [0.2, 0.25) is 0 Å². The van der Waals surface area contributed by atoms with Gasteiger partial charge in [-0.2, -0.15) is 14.9 Å². The molecule has 4 aromatic rings. The van der Waals surface area contributed by atoms with Gasteiger partial charge in [0.15, 0.2) is 17.3 Å². The summed E-state index contributed by atoms with van der Waals surface area (Å²) in [7, 11) is 1.62. The molecular formula is C25H24N4O2S. The molecule has 0 aliphatic carbocycles. The Bertz CT molecular complexity index is 1260. The van der Waals surface area contributed by atoms with Crippen molar-refractivity contribution < 1.29 is 9.47 Å². The number of H-pyrrole nitrogens is 1. The molecule has 0 radical (unpaired) electrons. The van der Waals surface area contributed by atoms with E-state index in [4.69, 9.17) is 21.7 Å². The standard InChI is InChI=1S/C25H24N4O2S/c1-18-8-10-20(11-9-18)17-31-22-13-12-21(14-23(22)30-2)16-26-29-24(27-28-25(29)32)15-19-6-4-3-5-7-19/h3-14,16H,15,17H2,1-2H3,(H,28,32)/b26-16-. The Morgan fingerprint density at radius 1 is 1.00 bits per heavy atom. The Morgan fingerprint density at radius 3 is 2.53 bits per heavy atom. The van der Waals surface area contributed by atoms with Gasteiger partial charge in [-0.15, -0.1) is 0 Å². The summed E-state index contributed by atoms with van der Waals surface area (Å²) < 4.78 is 13.6. The van der Waals surface area contributed by atoms with Crippen molar-refractivity contribution in [2.45, 2.75) is 20.0 Å². The molecule has 0 aliphatic heterocycles. The fourth-order valence-corrected chi connectivity index (χ4v) is 3.39. The quantitative estimate of drug-likeness (QED) is 0.295. The van der Waals surface area contributed by atoms with Gasteiger partial charge >= 0.3 is 0 Å². The summed E-state index contributed by atoms with van der Waals surface area (Å²) in [6.07, 6.45) is 2.35. The topological polar surface area (TPSA) is 64.4 Å². The summed E-state index contributed by atoms with van der Waals surface area (Å²) in [6, 6.07) is 24.0. The van der Waals surface area contributed by atoms with Gasteiger partial charge in [-0.1, -0.05) is 60.2 Å². The fraction of sp³-hybridized carbons (Fsp3) is 0.160. The first-order chi connectivity index (χ1) is 15.6. The zero-order valence-electron chi connectivity index (χ0n) is 18.0. The largest absolute Gasteiger partial charge is 0.493 e. The molecule has 1 N–H and O–H groups in total. The Labute approximate surface area is 192 Å². The number of aryl methyl sites for hydroxylation is 1. The van der Waals surface area contributed by atoms with Crippen LogP contribution in [0, 0.1) is 11.7 Å². The molecule has 0 saturated heterocycles. The third-order valence-corrected chi connectivity index (χ3v) is 5.21. The van der Waals surface area contributed by atoms with Crippen molar-refractivity contribution in [2.75, 3.05) is 7.11 Å². The molecule has 7 heteroatoms. The Balaban J connectivity index is 1.49. The normalized spacial score (nSPS) is 11.1. The second-order valence-corrected chi connectivity index (χ2v) is 7.74. The highest BCUT2D eigenvalue weighted by atomic mass is 32.1. The van der Waals surface area contributed by atoms with Gasteiger partial charge in [0, 0.05) is 6.42 Å². The number of methoxy groups -OCH3 is 1. The number of nitrogens with one attached hydrogen (secondary N) is 1. The van der Waals surface area contributed by atoms with Gasteiger partial charge in [0.25, 0.3) is 0 Å². The zero-order chi connectivity index (χ0) is 22.3. The van der Waals surface area contributed by atoms with Crippen molar-refractivity contribution in [3.8, 4) is 11.5 Å². The van der Waals surface area contributed by atoms with Crippen LogP contribution in [0.25, 0.3) is 0 Å². The lowest BCUT2D eigenvalue weighted by Gasteiger charge is -2.11. The van der Waals surface area contributed by atoms with E-state index in [9.17, 15) is 0 Å². The zero-order valence-corrected chi connectivity index (χ0v) is 18.8. The first-order valence-corrected chi connectivity index (χ1v) is 10.6. The van der Waals surface area contributed by atoms with Crippen LogP contribution in [0.15, 0.2) is 77.9 Å². The van der Waals surface area contributed by atoms with Crippen molar-refractivity contribution in [3.05, 3.63) is 106 Å². The molecular weight excluding hydrogens is 420 g/mol. The van der Waals surface area contributed by atoms with Crippen molar-refractivity contribution in [3.63, 3.8) is 0 Å². The molecule has 3 aromatic carbocycles. The number of aromatic nitrogens is 3. The molecule has 0 spiro atoms. The van der Waals surface area contributed by atoms with Gasteiger partial charge in [-0.3, -0.25) is 5.10 Å². The SMILES string of the molecule is COc1cc(/C=N\n2c(Cc3ccccc3)n[nH]c2=S)ccc1OCc1ccc(C)cc1. The molecule has 0 unspecified atom stereocenters. The predicted octanol–water partition coefficient (Wildman–Crippen LogP) is 5.31. The Kier molecular flexibility index (Phi) is 6.77.